The zero-order valence-corrected chi connectivity index (χ0v) is 14.0. The largest absolute Gasteiger partial charge is 0.493 e. The lowest BCUT2D eigenvalue weighted by Crippen LogP contribution is -2.51. The fourth-order valence-electron chi connectivity index (χ4n) is 2.87. The molecule has 0 saturated carbocycles. The summed E-state index contributed by atoms with van der Waals surface area (Å²) in [5.74, 6) is 0.351. The van der Waals surface area contributed by atoms with Gasteiger partial charge in [0.25, 0.3) is 5.91 Å². The quantitative estimate of drug-likeness (QED) is 0.770. The number of benzene rings is 1. The van der Waals surface area contributed by atoms with Crippen LogP contribution in [0.4, 0.5) is 0 Å². The van der Waals surface area contributed by atoms with Gasteiger partial charge in [0.05, 0.1) is 7.11 Å². The van der Waals surface area contributed by atoms with Crippen molar-refractivity contribution in [2.24, 2.45) is 5.73 Å². The second-order valence-corrected chi connectivity index (χ2v) is 5.77. The summed E-state index contributed by atoms with van der Waals surface area (Å²) in [6, 6.07) is 4.99. The van der Waals surface area contributed by atoms with E-state index in [0.29, 0.717) is 24.5 Å². The number of methoxy groups -OCH3 is 1. The van der Waals surface area contributed by atoms with Gasteiger partial charge in [0.2, 0.25) is 5.91 Å². The Bertz CT molecular complexity index is 615. The van der Waals surface area contributed by atoms with Gasteiger partial charge in [-0.3, -0.25) is 9.59 Å². The number of hydrogen-bond acceptors (Lipinski definition) is 4. The maximum absolute atomic E-state index is 12.4. The molecule has 2 N–H and O–H groups in total. The van der Waals surface area contributed by atoms with Crippen LogP contribution in [0, 0.1) is 0 Å². The number of piperidine rings is 1. The molecular formula is C18H24N2O4. The lowest BCUT2D eigenvalue weighted by molar-refractivity contribution is -0.142. The first-order chi connectivity index (χ1) is 11.6. The highest BCUT2D eigenvalue weighted by atomic mass is 16.5. The van der Waals surface area contributed by atoms with E-state index in [1.807, 2.05) is 12.1 Å². The molecule has 0 bridgehead atoms. The Morgan fingerprint density at radius 2 is 2.17 bits per heavy atom. The van der Waals surface area contributed by atoms with Crippen molar-refractivity contribution in [3.63, 3.8) is 0 Å². The van der Waals surface area contributed by atoms with Gasteiger partial charge in [-0.1, -0.05) is 12.1 Å². The van der Waals surface area contributed by atoms with Crippen molar-refractivity contribution in [2.45, 2.75) is 31.7 Å². The number of nitrogens with two attached hydrogens (primary N) is 1. The zero-order valence-electron chi connectivity index (χ0n) is 14.0. The number of rotatable bonds is 7. The highest BCUT2D eigenvalue weighted by molar-refractivity contribution is 5.87. The van der Waals surface area contributed by atoms with Gasteiger partial charge in [-0.15, -0.1) is 6.58 Å². The highest BCUT2D eigenvalue weighted by Crippen LogP contribution is 2.28. The van der Waals surface area contributed by atoms with Crippen LogP contribution in [-0.2, 0) is 16.0 Å². The molecule has 0 aromatic heterocycles. The molecule has 130 valence electrons. The van der Waals surface area contributed by atoms with Crippen LogP contribution in [0.5, 0.6) is 11.5 Å². The van der Waals surface area contributed by atoms with E-state index < -0.39 is 11.9 Å². The molecule has 6 heteroatoms. The molecule has 1 heterocycles. The Kier molecular flexibility index (Phi) is 6.23. The third-order valence-corrected chi connectivity index (χ3v) is 4.11. The summed E-state index contributed by atoms with van der Waals surface area (Å²) < 4.78 is 10.9. The van der Waals surface area contributed by atoms with Crippen molar-refractivity contribution in [3.8, 4) is 11.5 Å². The van der Waals surface area contributed by atoms with E-state index in [2.05, 4.69) is 6.58 Å². The minimum Gasteiger partial charge on any atom is -0.493 e. The first kappa shape index (κ1) is 17.8. The van der Waals surface area contributed by atoms with E-state index in [4.69, 9.17) is 15.2 Å². The lowest BCUT2D eigenvalue weighted by Gasteiger charge is -2.33. The maximum Gasteiger partial charge on any atom is 0.261 e. The maximum atomic E-state index is 12.4. The second-order valence-electron chi connectivity index (χ2n) is 5.77. The van der Waals surface area contributed by atoms with Gasteiger partial charge >= 0.3 is 0 Å². The molecule has 1 aliphatic rings. The monoisotopic (exact) mass is 332 g/mol. The first-order valence-corrected chi connectivity index (χ1v) is 8.06. The zero-order chi connectivity index (χ0) is 17.5. The molecule has 2 amide bonds. The van der Waals surface area contributed by atoms with Crippen molar-refractivity contribution in [2.75, 3.05) is 20.3 Å². The second kappa shape index (κ2) is 8.38. The van der Waals surface area contributed by atoms with E-state index in [9.17, 15) is 9.59 Å². The fraction of sp³-hybridized carbons (Fsp3) is 0.444. The van der Waals surface area contributed by atoms with E-state index in [1.54, 1.807) is 19.3 Å². The van der Waals surface area contributed by atoms with Crippen molar-refractivity contribution in [1.29, 1.82) is 0 Å². The Morgan fingerprint density at radius 3 is 2.83 bits per heavy atom. The molecule has 0 radical (unpaired) electrons. The van der Waals surface area contributed by atoms with Crippen molar-refractivity contribution in [3.05, 3.63) is 36.4 Å². The van der Waals surface area contributed by atoms with Gasteiger partial charge in [0.15, 0.2) is 18.1 Å². The van der Waals surface area contributed by atoms with Crippen LogP contribution in [0.1, 0.15) is 24.8 Å². The summed E-state index contributed by atoms with van der Waals surface area (Å²) in [4.78, 5) is 25.4. The predicted molar refractivity (Wildman–Crippen MR) is 90.9 cm³/mol. The molecule has 1 atom stereocenters. The normalized spacial score (nSPS) is 17.2. The molecule has 1 saturated heterocycles. The fourth-order valence-corrected chi connectivity index (χ4v) is 2.87. The molecule has 1 aliphatic heterocycles. The van der Waals surface area contributed by atoms with E-state index >= 15 is 0 Å². The molecule has 24 heavy (non-hydrogen) atoms. The number of allylic oxidation sites excluding steroid dienone is 1. The van der Waals surface area contributed by atoms with Gasteiger partial charge in [-0.05, 0) is 43.4 Å². The van der Waals surface area contributed by atoms with Gasteiger partial charge < -0.3 is 20.1 Å². The van der Waals surface area contributed by atoms with Crippen LogP contribution in [0.15, 0.2) is 30.9 Å². The number of primary amides is 1. The summed E-state index contributed by atoms with van der Waals surface area (Å²) in [6.45, 7) is 4.09. The average Bonchev–Trinajstić information content (AvgIpc) is 2.60. The SMILES string of the molecule is C=CCc1ccc(OCC(=O)N2CCCCC2C(N)=O)c(OC)c1. The molecule has 1 aromatic rings. The molecule has 6 nitrogen and oxygen atoms in total. The highest BCUT2D eigenvalue weighted by Gasteiger charge is 2.30. The number of amides is 2. The predicted octanol–water partition coefficient (Wildman–Crippen LogP) is 1.67. The van der Waals surface area contributed by atoms with Crippen molar-refractivity contribution < 1.29 is 19.1 Å². The summed E-state index contributed by atoms with van der Waals surface area (Å²) in [5.41, 5.74) is 6.44. The van der Waals surface area contributed by atoms with E-state index in [0.717, 1.165) is 24.8 Å². The standard InChI is InChI=1S/C18H24N2O4/c1-3-6-13-8-9-15(16(11-13)23-2)24-12-17(21)20-10-5-4-7-14(20)18(19)22/h3,8-9,11,14H,1,4-7,10,12H2,2H3,(H2,19,22). The van der Waals surface area contributed by atoms with Crippen LogP contribution in [0.2, 0.25) is 0 Å². The Balaban J connectivity index is 2.02. The minimum absolute atomic E-state index is 0.152. The van der Waals surface area contributed by atoms with E-state index in [1.165, 1.54) is 4.90 Å². The van der Waals surface area contributed by atoms with Gasteiger partial charge in [0, 0.05) is 6.54 Å². The summed E-state index contributed by atoms with van der Waals surface area (Å²) in [5, 5.41) is 0. The van der Waals surface area contributed by atoms with Crippen LogP contribution in [0.3, 0.4) is 0 Å². The van der Waals surface area contributed by atoms with Crippen LogP contribution in [0.25, 0.3) is 0 Å². The van der Waals surface area contributed by atoms with Crippen LogP contribution in [-0.4, -0.2) is 43.0 Å². The topological polar surface area (TPSA) is 81.9 Å². The third kappa shape index (κ3) is 4.28. The van der Waals surface area contributed by atoms with Crippen LogP contribution < -0.4 is 15.2 Å². The lowest BCUT2D eigenvalue weighted by atomic mass is 10.0. The molecular weight excluding hydrogens is 308 g/mol. The minimum atomic E-state index is -0.535. The molecule has 1 aromatic carbocycles. The number of nitrogens with zero attached hydrogens (tertiary/aromatic N) is 1. The Hall–Kier alpha value is -2.50. The number of ether oxygens (including phenoxy) is 2. The molecule has 2 rings (SSSR count). The van der Waals surface area contributed by atoms with Gasteiger partial charge in [0.1, 0.15) is 6.04 Å². The van der Waals surface area contributed by atoms with Crippen molar-refractivity contribution in [1.82, 2.24) is 4.90 Å². The number of carbonyl (C=O) groups is 2. The third-order valence-electron chi connectivity index (χ3n) is 4.11. The summed E-state index contributed by atoms with van der Waals surface area (Å²) in [6.07, 6.45) is 4.91. The van der Waals surface area contributed by atoms with Gasteiger partial charge in [-0.2, -0.15) is 0 Å². The molecule has 1 fully saturated rings. The van der Waals surface area contributed by atoms with Gasteiger partial charge in [-0.25, -0.2) is 0 Å². The van der Waals surface area contributed by atoms with E-state index in [-0.39, 0.29) is 12.5 Å². The summed E-state index contributed by atoms with van der Waals surface area (Å²) in [7, 11) is 1.55. The summed E-state index contributed by atoms with van der Waals surface area (Å²) >= 11 is 0. The van der Waals surface area contributed by atoms with Crippen LogP contribution >= 0.6 is 0 Å². The molecule has 1 unspecified atom stereocenters. The molecule has 0 aliphatic carbocycles. The Morgan fingerprint density at radius 1 is 1.38 bits per heavy atom. The number of hydrogen-bond donors (Lipinski definition) is 1. The first-order valence-electron chi connectivity index (χ1n) is 8.06. The Labute approximate surface area is 142 Å². The average molecular weight is 332 g/mol. The smallest absolute Gasteiger partial charge is 0.261 e. The number of likely N-dealkylation sites (tertiary alicyclic amines) is 1. The number of carbonyl (C=O) groups excluding carboxylic acids is 2. The van der Waals surface area contributed by atoms with Crippen molar-refractivity contribution >= 4 is 11.8 Å². The molecule has 0 spiro atoms.